The topological polar surface area (TPSA) is 26.2 Å². The number of nitrogens with one attached hydrogen (secondary N) is 1. The fourth-order valence-corrected chi connectivity index (χ4v) is 2.47. The molecule has 2 aromatic rings. The third-order valence-corrected chi connectivity index (χ3v) is 3.96. The summed E-state index contributed by atoms with van der Waals surface area (Å²) in [5, 5.41) is 3.51. The number of aryl methyl sites for hydroxylation is 1. The second-order valence-corrected chi connectivity index (χ2v) is 5.19. The number of para-hydroxylation sites is 1. The lowest BCUT2D eigenvalue weighted by atomic mass is 10.1. The van der Waals surface area contributed by atoms with Crippen molar-refractivity contribution in [2.75, 3.05) is 13.7 Å². The van der Waals surface area contributed by atoms with E-state index >= 15 is 0 Å². The fourth-order valence-electron chi connectivity index (χ4n) is 2.47. The summed E-state index contributed by atoms with van der Waals surface area (Å²) in [7, 11) is 3.84. The molecular weight excluding hydrogens is 248 g/mol. The Bertz CT molecular complexity index is 572. The second kappa shape index (κ2) is 6.62. The van der Waals surface area contributed by atoms with Crippen molar-refractivity contribution in [1.29, 1.82) is 0 Å². The lowest BCUT2D eigenvalue weighted by Gasteiger charge is -2.09. The van der Waals surface area contributed by atoms with Crippen LogP contribution in [0.3, 0.4) is 0 Å². The predicted octanol–water partition coefficient (Wildman–Crippen LogP) is 2.98. The van der Waals surface area contributed by atoms with E-state index in [4.69, 9.17) is 4.74 Å². The molecular formula is C17H24N2O. The van der Waals surface area contributed by atoms with Crippen LogP contribution < -0.4 is 10.1 Å². The Morgan fingerprint density at radius 1 is 1.15 bits per heavy atom. The smallest absolute Gasteiger partial charge is 0.122 e. The van der Waals surface area contributed by atoms with Crippen molar-refractivity contribution < 1.29 is 4.74 Å². The normalized spacial score (nSPS) is 10.8. The first-order valence-corrected chi connectivity index (χ1v) is 7.08. The summed E-state index contributed by atoms with van der Waals surface area (Å²) in [5.74, 6) is 0.973. The fraction of sp³-hybridized carbons (Fsp3) is 0.412. The van der Waals surface area contributed by atoms with Crippen molar-refractivity contribution >= 4 is 0 Å². The molecule has 0 aliphatic rings. The van der Waals surface area contributed by atoms with Gasteiger partial charge in [-0.2, -0.15) is 0 Å². The second-order valence-electron chi connectivity index (χ2n) is 5.19. The monoisotopic (exact) mass is 272 g/mol. The molecule has 1 aromatic carbocycles. The molecule has 0 saturated carbocycles. The molecule has 108 valence electrons. The van der Waals surface area contributed by atoms with E-state index < -0.39 is 0 Å². The number of aromatic nitrogens is 1. The SMILES string of the molecule is COc1ccccc1CCNCc1cc(C)n(C)c1C. The molecule has 3 heteroatoms. The van der Waals surface area contributed by atoms with Crippen LogP contribution in [0.15, 0.2) is 30.3 Å². The number of methoxy groups -OCH3 is 1. The molecule has 3 nitrogen and oxygen atoms in total. The third kappa shape index (κ3) is 3.23. The molecule has 0 unspecified atom stereocenters. The van der Waals surface area contributed by atoms with E-state index in [0.29, 0.717) is 0 Å². The molecule has 2 rings (SSSR count). The van der Waals surface area contributed by atoms with Gasteiger partial charge in [-0.25, -0.2) is 0 Å². The molecule has 0 aliphatic heterocycles. The maximum Gasteiger partial charge on any atom is 0.122 e. The maximum absolute atomic E-state index is 5.37. The molecule has 1 N–H and O–H groups in total. The number of benzene rings is 1. The third-order valence-electron chi connectivity index (χ3n) is 3.96. The summed E-state index contributed by atoms with van der Waals surface area (Å²) < 4.78 is 7.60. The van der Waals surface area contributed by atoms with Gasteiger partial charge in [0, 0.05) is 25.0 Å². The zero-order chi connectivity index (χ0) is 14.5. The zero-order valence-electron chi connectivity index (χ0n) is 12.9. The molecule has 0 spiro atoms. The molecule has 20 heavy (non-hydrogen) atoms. The van der Waals surface area contributed by atoms with Crippen LogP contribution in [0, 0.1) is 13.8 Å². The van der Waals surface area contributed by atoms with Crippen molar-refractivity contribution in [3.8, 4) is 5.75 Å². The number of hydrogen-bond acceptors (Lipinski definition) is 2. The first-order chi connectivity index (χ1) is 9.63. The summed E-state index contributed by atoms with van der Waals surface area (Å²) in [4.78, 5) is 0. The van der Waals surface area contributed by atoms with Gasteiger partial charge in [-0.3, -0.25) is 0 Å². The van der Waals surface area contributed by atoms with E-state index in [9.17, 15) is 0 Å². The van der Waals surface area contributed by atoms with Crippen LogP contribution in [-0.2, 0) is 20.0 Å². The van der Waals surface area contributed by atoms with Crippen LogP contribution in [0.2, 0.25) is 0 Å². The van der Waals surface area contributed by atoms with Crippen molar-refractivity contribution in [3.05, 3.63) is 52.8 Å². The molecule has 0 atom stereocenters. The Balaban J connectivity index is 1.86. The van der Waals surface area contributed by atoms with Gasteiger partial charge in [-0.05, 0) is 50.1 Å². The van der Waals surface area contributed by atoms with Gasteiger partial charge in [0.25, 0.3) is 0 Å². The summed E-state index contributed by atoms with van der Waals surface area (Å²) >= 11 is 0. The lowest BCUT2D eigenvalue weighted by molar-refractivity contribution is 0.409. The Morgan fingerprint density at radius 3 is 2.55 bits per heavy atom. The van der Waals surface area contributed by atoms with Crippen molar-refractivity contribution in [2.45, 2.75) is 26.8 Å². The zero-order valence-corrected chi connectivity index (χ0v) is 12.9. The van der Waals surface area contributed by atoms with Gasteiger partial charge < -0.3 is 14.6 Å². The van der Waals surface area contributed by atoms with Gasteiger partial charge in [-0.15, -0.1) is 0 Å². The Labute approximate surface area is 121 Å². The van der Waals surface area contributed by atoms with E-state index in [2.05, 4.69) is 49.0 Å². The minimum atomic E-state index is 0.919. The minimum absolute atomic E-state index is 0.919. The van der Waals surface area contributed by atoms with Gasteiger partial charge >= 0.3 is 0 Å². The van der Waals surface area contributed by atoms with Gasteiger partial charge in [-0.1, -0.05) is 18.2 Å². The van der Waals surface area contributed by atoms with E-state index in [1.165, 1.54) is 22.5 Å². The first-order valence-electron chi connectivity index (χ1n) is 7.08. The average molecular weight is 272 g/mol. The Kier molecular flexibility index (Phi) is 4.85. The standard InChI is InChI=1S/C17H24N2O/c1-13-11-16(14(2)19(13)3)12-18-10-9-15-7-5-6-8-17(15)20-4/h5-8,11,18H,9-10,12H2,1-4H3. The molecule has 1 aromatic heterocycles. The quantitative estimate of drug-likeness (QED) is 0.818. The summed E-state index contributed by atoms with van der Waals surface area (Å²) in [6.45, 7) is 6.19. The lowest BCUT2D eigenvalue weighted by Crippen LogP contribution is -2.17. The van der Waals surface area contributed by atoms with Crippen LogP contribution in [0.4, 0.5) is 0 Å². The highest BCUT2D eigenvalue weighted by Gasteiger charge is 2.06. The molecule has 0 bridgehead atoms. The van der Waals surface area contributed by atoms with Crippen molar-refractivity contribution in [1.82, 2.24) is 9.88 Å². The van der Waals surface area contributed by atoms with Crippen LogP contribution in [-0.4, -0.2) is 18.2 Å². The van der Waals surface area contributed by atoms with Crippen molar-refractivity contribution in [2.24, 2.45) is 7.05 Å². The summed E-state index contributed by atoms with van der Waals surface area (Å²) in [6.07, 6.45) is 0.981. The van der Waals surface area contributed by atoms with Gasteiger partial charge in [0.2, 0.25) is 0 Å². The molecule has 0 fully saturated rings. The van der Waals surface area contributed by atoms with Crippen LogP contribution in [0.5, 0.6) is 5.75 Å². The highest BCUT2D eigenvalue weighted by atomic mass is 16.5. The molecule has 0 amide bonds. The van der Waals surface area contributed by atoms with E-state index in [0.717, 1.165) is 25.3 Å². The molecule has 1 heterocycles. The molecule has 0 aliphatic carbocycles. The van der Waals surface area contributed by atoms with Gasteiger partial charge in [0.1, 0.15) is 5.75 Å². The Hall–Kier alpha value is -1.74. The maximum atomic E-state index is 5.37. The molecule has 0 radical (unpaired) electrons. The summed E-state index contributed by atoms with van der Waals surface area (Å²) in [5.41, 5.74) is 5.28. The highest BCUT2D eigenvalue weighted by molar-refractivity contribution is 5.33. The minimum Gasteiger partial charge on any atom is -0.496 e. The summed E-state index contributed by atoms with van der Waals surface area (Å²) in [6, 6.07) is 10.5. The van der Waals surface area contributed by atoms with Crippen LogP contribution in [0.25, 0.3) is 0 Å². The van der Waals surface area contributed by atoms with E-state index in [1.807, 2.05) is 12.1 Å². The first kappa shape index (κ1) is 14.7. The number of rotatable bonds is 6. The number of nitrogens with zero attached hydrogens (tertiary/aromatic N) is 1. The van der Waals surface area contributed by atoms with Crippen LogP contribution >= 0.6 is 0 Å². The largest absolute Gasteiger partial charge is 0.496 e. The number of ether oxygens (including phenoxy) is 1. The van der Waals surface area contributed by atoms with Gasteiger partial charge in [0.05, 0.1) is 7.11 Å². The highest BCUT2D eigenvalue weighted by Crippen LogP contribution is 2.17. The van der Waals surface area contributed by atoms with E-state index in [-0.39, 0.29) is 0 Å². The van der Waals surface area contributed by atoms with E-state index in [1.54, 1.807) is 7.11 Å². The average Bonchev–Trinajstić information content (AvgIpc) is 2.71. The van der Waals surface area contributed by atoms with Gasteiger partial charge in [0.15, 0.2) is 0 Å². The Morgan fingerprint density at radius 2 is 1.90 bits per heavy atom. The molecule has 0 saturated heterocycles. The predicted molar refractivity (Wildman–Crippen MR) is 83.3 cm³/mol. The van der Waals surface area contributed by atoms with Crippen molar-refractivity contribution in [3.63, 3.8) is 0 Å². The number of hydrogen-bond donors (Lipinski definition) is 1. The van der Waals surface area contributed by atoms with Crippen LogP contribution in [0.1, 0.15) is 22.5 Å².